The number of thiazole rings is 1. The first-order chi connectivity index (χ1) is 11.1. The van der Waals surface area contributed by atoms with Crippen molar-refractivity contribution in [3.8, 4) is 0 Å². The smallest absolute Gasteiger partial charge is 0.267 e. The molecule has 23 heavy (non-hydrogen) atoms. The maximum absolute atomic E-state index is 12.7. The van der Waals surface area contributed by atoms with Crippen molar-refractivity contribution in [2.45, 2.75) is 19.8 Å². The number of anilines is 1. The summed E-state index contributed by atoms with van der Waals surface area (Å²) in [7, 11) is 0. The number of nitrogens with zero attached hydrogens (tertiary/aromatic N) is 2. The summed E-state index contributed by atoms with van der Waals surface area (Å²) >= 11 is 7.31. The average molecular weight is 350 g/mol. The van der Waals surface area contributed by atoms with Crippen LogP contribution < -0.4 is 5.32 Å². The van der Waals surface area contributed by atoms with Gasteiger partial charge in [0, 0.05) is 18.1 Å². The van der Waals surface area contributed by atoms with Gasteiger partial charge in [0.25, 0.3) is 11.8 Å². The molecule has 1 saturated heterocycles. The van der Waals surface area contributed by atoms with E-state index in [1.807, 2.05) is 0 Å². The highest BCUT2D eigenvalue weighted by atomic mass is 35.5. The lowest BCUT2D eigenvalue weighted by molar-refractivity contribution is 0.0794. The SMILES string of the molecule is Cc1ncsc1C(=O)Nc1ccc(Cl)cc1C(=O)N1CCCC1. The number of rotatable bonds is 3. The Hall–Kier alpha value is -1.92. The Bertz CT molecular complexity index is 754. The first-order valence-corrected chi connectivity index (χ1v) is 8.62. The standard InChI is InChI=1S/C16H16ClN3O2S/c1-10-14(23-9-18-10)15(21)19-13-5-4-11(17)8-12(13)16(22)20-6-2-3-7-20/h4-5,8-9H,2-3,6-7H2,1H3,(H,19,21). The fraction of sp³-hybridized carbons (Fsp3) is 0.312. The van der Waals surface area contributed by atoms with Crippen LogP contribution in [0, 0.1) is 6.92 Å². The lowest BCUT2D eigenvalue weighted by Gasteiger charge is -2.18. The summed E-state index contributed by atoms with van der Waals surface area (Å²) in [4.78, 5) is 31.4. The molecule has 1 aliphatic heterocycles. The van der Waals surface area contributed by atoms with E-state index in [9.17, 15) is 9.59 Å². The number of amides is 2. The van der Waals surface area contributed by atoms with Gasteiger partial charge in [-0.3, -0.25) is 9.59 Å². The van der Waals surface area contributed by atoms with E-state index in [0.717, 1.165) is 25.9 Å². The Balaban J connectivity index is 1.88. The molecule has 3 rings (SSSR count). The number of carbonyl (C=O) groups excluding carboxylic acids is 2. The molecule has 0 saturated carbocycles. The highest BCUT2D eigenvalue weighted by Gasteiger charge is 2.23. The third-order valence-electron chi connectivity index (χ3n) is 3.81. The molecule has 0 bridgehead atoms. The Labute approximate surface area is 143 Å². The summed E-state index contributed by atoms with van der Waals surface area (Å²) in [5.41, 5.74) is 3.20. The number of likely N-dealkylation sites (tertiary alicyclic amines) is 1. The molecule has 120 valence electrons. The highest BCUT2D eigenvalue weighted by Crippen LogP contribution is 2.25. The normalized spacial score (nSPS) is 14.1. The molecule has 2 heterocycles. The molecule has 1 aromatic heterocycles. The Morgan fingerprint density at radius 1 is 1.30 bits per heavy atom. The van der Waals surface area contributed by atoms with Crippen molar-refractivity contribution in [2.75, 3.05) is 18.4 Å². The summed E-state index contributed by atoms with van der Waals surface area (Å²) in [6, 6.07) is 4.94. The maximum atomic E-state index is 12.7. The van der Waals surface area contributed by atoms with E-state index >= 15 is 0 Å². The molecular formula is C16H16ClN3O2S. The zero-order valence-corrected chi connectivity index (χ0v) is 14.2. The highest BCUT2D eigenvalue weighted by molar-refractivity contribution is 7.12. The maximum Gasteiger partial charge on any atom is 0.267 e. The van der Waals surface area contributed by atoms with Crippen molar-refractivity contribution in [2.24, 2.45) is 0 Å². The van der Waals surface area contributed by atoms with Gasteiger partial charge in [-0.25, -0.2) is 4.98 Å². The number of hydrogen-bond donors (Lipinski definition) is 1. The van der Waals surface area contributed by atoms with Crippen LogP contribution in [0.1, 0.15) is 38.6 Å². The molecule has 1 aliphatic rings. The fourth-order valence-electron chi connectivity index (χ4n) is 2.59. The van der Waals surface area contributed by atoms with Crippen LogP contribution in [0.3, 0.4) is 0 Å². The molecule has 0 spiro atoms. The van der Waals surface area contributed by atoms with E-state index in [1.54, 1.807) is 35.5 Å². The largest absolute Gasteiger partial charge is 0.339 e. The van der Waals surface area contributed by atoms with Gasteiger partial charge in [0.2, 0.25) is 0 Å². The van der Waals surface area contributed by atoms with E-state index < -0.39 is 0 Å². The minimum absolute atomic E-state index is 0.0960. The van der Waals surface area contributed by atoms with E-state index in [0.29, 0.717) is 26.8 Å². The molecule has 2 amide bonds. The summed E-state index contributed by atoms with van der Waals surface area (Å²) in [5.74, 6) is -0.357. The van der Waals surface area contributed by atoms with Crippen molar-refractivity contribution in [1.82, 2.24) is 9.88 Å². The van der Waals surface area contributed by atoms with E-state index in [4.69, 9.17) is 11.6 Å². The summed E-state index contributed by atoms with van der Waals surface area (Å²) in [6.45, 7) is 3.27. The second kappa shape index (κ2) is 6.68. The summed E-state index contributed by atoms with van der Waals surface area (Å²) in [5, 5.41) is 3.28. The Morgan fingerprint density at radius 2 is 2.04 bits per heavy atom. The van der Waals surface area contributed by atoms with Crippen molar-refractivity contribution in [3.05, 3.63) is 44.9 Å². The van der Waals surface area contributed by atoms with Crippen LogP contribution in [0.25, 0.3) is 0 Å². The molecule has 0 unspecified atom stereocenters. The van der Waals surface area contributed by atoms with Crippen molar-refractivity contribution < 1.29 is 9.59 Å². The first kappa shape index (κ1) is 16.0. The van der Waals surface area contributed by atoms with Gasteiger partial charge in [-0.15, -0.1) is 11.3 Å². The van der Waals surface area contributed by atoms with Gasteiger partial charge in [-0.2, -0.15) is 0 Å². The third-order valence-corrected chi connectivity index (χ3v) is 4.97. The molecule has 0 radical (unpaired) electrons. The third kappa shape index (κ3) is 3.38. The second-order valence-electron chi connectivity index (χ2n) is 5.41. The van der Waals surface area contributed by atoms with Crippen LogP contribution in [0.15, 0.2) is 23.7 Å². The van der Waals surface area contributed by atoms with Gasteiger partial charge >= 0.3 is 0 Å². The van der Waals surface area contributed by atoms with Gasteiger partial charge in [-0.05, 0) is 38.0 Å². The number of halogens is 1. The number of benzene rings is 1. The zero-order valence-electron chi connectivity index (χ0n) is 12.6. The van der Waals surface area contributed by atoms with Gasteiger partial charge in [0.15, 0.2) is 0 Å². The van der Waals surface area contributed by atoms with Gasteiger partial charge < -0.3 is 10.2 Å². The minimum atomic E-state index is -0.261. The number of hydrogen-bond acceptors (Lipinski definition) is 4. The van der Waals surface area contributed by atoms with E-state index in [-0.39, 0.29) is 11.8 Å². The fourth-order valence-corrected chi connectivity index (χ4v) is 3.46. The molecular weight excluding hydrogens is 334 g/mol. The molecule has 1 N–H and O–H groups in total. The quantitative estimate of drug-likeness (QED) is 0.921. The summed E-state index contributed by atoms with van der Waals surface area (Å²) in [6.07, 6.45) is 2.02. The number of aromatic nitrogens is 1. The Kier molecular flexibility index (Phi) is 4.63. The van der Waals surface area contributed by atoms with E-state index in [2.05, 4.69) is 10.3 Å². The van der Waals surface area contributed by atoms with Crippen LogP contribution in [0.4, 0.5) is 5.69 Å². The predicted octanol–water partition coefficient (Wildman–Crippen LogP) is 3.59. The molecule has 1 aromatic carbocycles. The van der Waals surface area contributed by atoms with Crippen LogP contribution >= 0.6 is 22.9 Å². The van der Waals surface area contributed by atoms with Gasteiger partial charge in [0.1, 0.15) is 4.88 Å². The number of carbonyl (C=O) groups is 2. The first-order valence-electron chi connectivity index (χ1n) is 7.36. The lowest BCUT2D eigenvalue weighted by Crippen LogP contribution is -2.28. The van der Waals surface area contributed by atoms with Crippen LogP contribution in [0.2, 0.25) is 5.02 Å². The topological polar surface area (TPSA) is 62.3 Å². The predicted molar refractivity (Wildman–Crippen MR) is 91.4 cm³/mol. The molecule has 7 heteroatoms. The van der Waals surface area contributed by atoms with Gasteiger partial charge in [-0.1, -0.05) is 11.6 Å². The van der Waals surface area contributed by atoms with Crippen LogP contribution in [0.5, 0.6) is 0 Å². The Morgan fingerprint density at radius 3 is 2.70 bits per heavy atom. The molecule has 0 aliphatic carbocycles. The van der Waals surface area contributed by atoms with Crippen molar-refractivity contribution in [1.29, 1.82) is 0 Å². The number of nitrogens with one attached hydrogen (secondary N) is 1. The second-order valence-corrected chi connectivity index (χ2v) is 6.70. The van der Waals surface area contributed by atoms with Gasteiger partial charge in [0.05, 0.1) is 22.5 Å². The molecule has 1 fully saturated rings. The van der Waals surface area contributed by atoms with Crippen LogP contribution in [-0.2, 0) is 0 Å². The van der Waals surface area contributed by atoms with Crippen molar-refractivity contribution in [3.63, 3.8) is 0 Å². The molecule has 5 nitrogen and oxygen atoms in total. The molecule has 0 atom stereocenters. The average Bonchev–Trinajstić information content (AvgIpc) is 3.19. The molecule has 2 aromatic rings. The monoisotopic (exact) mass is 349 g/mol. The zero-order chi connectivity index (χ0) is 16.4. The van der Waals surface area contributed by atoms with Crippen molar-refractivity contribution >= 4 is 40.4 Å². The summed E-state index contributed by atoms with van der Waals surface area (Å²) < 4.78 is 0. The lowest BCUT2D eigenvalue weighted by atomic mass is 10.1. The minimum Gasteiger partial charge on any atom is -0.339 e. The van der Waals surface area contributed by atoms with E-state index in [1.165, 1.54) is 11.3 Å². The van der Waals surface area contributed by atoms with Crippen LogP contribution in [-0.4, -0.2) is 34.8 Å². The number of aryl methyl sites for hydroxylation is 1.